The molecule has 3 rings (SSSR count). The summed E-state index contributed by atoms with van der Waals surface area (Å²) in [5.74, 6) is 1.67. The van der Waals surface area contributed by atoms with Gasteiger partial charge in [0.25, 0.3) is 0 Å². The predicted molar refractivity (Wildman–Crippen MR) is 104 cm³/mol. The van der Waals surface area contributed by atoms with E-state index in [1.54, 1.807) is 14.2 Å². The fourth-order valence-corrected chi connectivity index (χ4v) is 3.49. The van der Waals surface area contributed by atoms with Crippen LogP contribution in [-0.2, 0) is 0 Å². The standard InChI is InChI=1S/C21H26N2O3/c1-16(20-9-8-19(25-2)14-21(20)26-3)22-10-12-23(13-11-22)18-6-4-17(15-24)5-7-18/h4-9,14-16H,10-13H2,1-3H3/t16-/m1/s1. The minimum absolute atomic E-state index is 0.274. The molecule has 5 heteroatoms. The Labute approximate surface area is 155 Å². The number of aldehydes is 1. The summed E-state index contributed by atoms with van der Waals surface area (Å²) in [7, 11) is 3.37. The Bertz CT molecular complexity index is 737. The highest BCUT2D eigenvalue weighted by Crippen LogP contribution is 2.33. The molecule has 0 unspecified atom stereocenters. The summed E-state index contributed by atoms with van der Waals surface area (Å²) in [6.07, 6.45) is 0.881. The van der Waals surface area contributed by atoms with Crippen LogP contribution < -0.4 is 14.4 Å². The second-order valence-electron chi connectivity index (χ2n) is 6.52. The molecule has 1 aliphatic rings. The molecule has 1 aliphatic heterocycles. The van der Waals surface area contributed by atoms with Crippen LogP contribution in [0.4, 0.5) is 5.69 Å². The number of carbonyl (C=O) groups excluding carboxylic acids is 1. The third-order valence-electron chi connectivity index (χ3n) is 5.15. The highest BCUT2D eigenvalue weighted by molar-refractivity contribution is 5.75. The van der Waals surface area contributed by atoms with Crippen molar-refractivity contribution in [3.05, 3.63) is 53.6 Å². The molecule has 0 bridgehead atoms. The van der Waals surface area contributed by atoms with Gasteiger partial charge < -0.3 is 14.4 Å². The zero-order chi connectivity index (χ0) is 18.5. The minimum atomic E-state index is 0.274. The highest BCUT2D eigenvalue weighted by atomic mass is 16.5. The number of piperazine rings is 1. The predicted octanol–water partition coefficient (Wildman–Crippen LogP) is 3.40. The number of anilines is 1. The Kier molecular flexibility index (Phi) is 5.78. The number of ether oxygens (including phenoxy) is 2. The Morgan fingerprint density at radius 3 is 2.23 bits per heavy atom. The average molecular weight is 354 g/mol. The van der Waals surface area contributed by atoms with Crippen LogP contribution in [0.15, 0.2) is 42.5 Å². The van der Waals surface area contributed by atoms with Crippen molar-refractivity contribution >= 4 is 12.0 Å². The third-order valence-corrected chi connectivity index (χ3v) is 5.15. The van der Waals surface area contributed by atoms with E-state index in [-0.39, 0.29) is 6.04 Å². The van der Waals surface area contributed by atoms with Gasteiger partial charge in [0.1, 0.15) is 17.8 Å². The van der Waals surface area contributed by atoms with Gasteiger partial charge in [-0.1, -0.05) is 6.07 Å². The molecule has 1 atom stereocenters. The lowest BCUT2D eigenvalue weighted by atomic mass is 10.0. The average Bonchev–Trinajstić information content (AvgIpc) is 2.73. The van der Waals surface area contributed by atoms with E-state index >= 15 is 0 Å². The number of benzene rings is 2. The molecular formula is C21H26N2O3. The first-order valence-electron chi connectivity index (χ1n) is 8.92. The first kappa shape index (κ1) is 18.3. The molecule has 0 spiro atoms. The molecule has 1 saturated heterocycles. The van der Waals surface area contributed by atoms with Crippen molar-refractivity contribution in [1.29, 1.82) is 0 Å². The van der Waals surface area contributed by atoms with E-state index in [2.05, 4.69) is 22.8 Å². The fraction of sp³-hybridized carbons (Fsp3) is 0.381. The Hall–Kier alpha value is -2.53. The van der Waals surface area contributed by atoms with Crippen LogP contribution in [0.25, 0.3) is 0 Å². The van der Waals surface area contributed by atoms with E-state index in [1.165, 1.54) is 11.3 Å². The summed E-state index contributed by atoms with van der Waals surface area (Å²) in [5.41, 5.74) is 3.06. The lowest BCUT2D eigenvalue weighted by molar-refractivity contribution is 0.112. The second kappa shape index (κ2) is 8.23. The molecule has 0 N–H and O–H groups in total. The van der Waals surface area contributed by atoms with E-state index in [0.29, 0.717) is 5.56 Å². The van der Waals surface area contributed by atoms with Crippen molar-refractivity contribution in [2.75, 3.05) is 45.3 Å². The lowest BCUT2D eigenvalue weighted by Gasteiger charge is -2.39. The summed E-state index contributed by atoms with van der Waals surface area (Å²) in [6, 6.07) is 14.1. The zero-order valence-corrected chi connectivity index (χ0v) is 15.6. The van der Waals surface area contributed by atoms with Crippen molar-refractivity contribution < 1.29 is 14.3 Å². The van der Waals surface area contributed by atoms with Crippen molar-refractivity contribution in [3.8, 4) is 11.5 Å². The van der Waals surface area contributed by atoms with Gasteiger partial charge >= 0.3 is 0 Å². The molecule has 5 nitrogen and oxygen atoms in total. The molecule has 0 aliphatic carbocycles. The number of hydrogen-bond acceptors (Lipinski definition) is 5. The van der Waals surface area contributed by atoms with Crippen LogP contribution in [0.3, 0.4) is 0 Å². The summed E-state index contributed by atoms with van der Waals surface area (Å²) in [6.45, 7) is 6.10. The van der Waals surface area contributed by atoms with Gasteiger partial charge in [0.15, 0.2) is 0 Å². The molecule has 2 aromatic carbocycles. The molecular weight excluding hydrogens is 328 g/mol. The normalized spacial score (nSPS) is 16.2. The van der Waals surface area contributed by atoms with Gasteiger partial charge in [-0.2, -0.15) is 0 Å². The lowest BCUT2D eigenvalue weighted by Crippen LogP contribution is -2.47. The minimum Gasteiger partial charge on any atom is -0.497 e. The summed E-state index contributed by atoms with van der Waals surface area (Å²) < 4.78 is 10.9. The maximum Gasteiger partial charge on any atom is 0.150 e. The molecule has 26 heavy (non-hydrogen) atoms. The number of rotatable bonds is 6. The van der Waals surface area contributed by atoms with Crippen molar-refractivity contribution in [1.82, 2.24) is 4.90 Å². The van der Waals surface area contributed by atoms with Crippen LogP contribution in [0.2, 0.25) is 0 Å². The fourth-order valence-electron chi connectivity index (χ4n) is 3.49. The smallest absolute Gasteiger partial charge is 0.150 e. The SMILES string of the molecule is COc1ccc([C@@H](C)N2CCN(c3ccc(C=O)cc3)CC2)c(OC)c1. The van der Waals surface area contributed by atoms with Gasteiger partial charge in [-0.25, -0.2) is 0 Å². The number of methoxy groups -OCH3 is 2. The van der Waals surface area contributed by atoms with Crippen molar-refractivity contribution in [3.63, 3.8) is 0 Å². The van der Waals surface area contributed by atoms with Crippen molar-refractivity contribution in [2.24, 2.45) is 0 Å². The van der Waals surface area contributed by atoms with Crippen LogP contribution in [0, 0.1) is 0 Å². The van der Waals surface area contributed by atoms with Crippen LogP contribution >= 0.6 is 0 Å². The third kappa shape index (κ3) is 3.83. The van der Waals surface area contributed by atoms with Gasteiger partial charge in [0.05, 0.1) is 14.2 Å². The van der Waals surface area contributed by atoms with Crippen LogP contribution in [0.5, 0.6) is 11.5 Å². The van der Waals surface area contributed by atoms with Crippen molar-refractivity contribution in [2.45, 2.75) is 13.0 Å². The Morgan fingerprint density at radius 2 is 1.65 bits per heavy atom. The van der Waals surface area contributed by atoms with Crippen LogP contribution in [0.1, 0.15) is 28.9 Å². The van der Waals surface area contributed by atoms with E-state index in [9.17, 15) is 4.79 Å². The zero-order valence-electron chi connectivity index (χ0n) is 15.6. The maximum absolute atomic E-state index is 10.8. The van der Waals surface area contributed by atoms with Gasteiger partial charge in [-0.3, -0.25) is 9.69 Å². The summed E-state index contributed by atoms with van der Waals surface area (Å²) in [4.78, 5) is 15.6. The summed E-state index contributed by atoms with van der Waals surface area (Å²) in [5, 5.41) is 0. The molecule has 0 saturated carbocycles. The molecule has 0 radical (unpaired) electrons. The largest absolute Gasteiger partial charge is 0.497 e. The Morgan fingerprint density at radius 1 is 0.962 bits per heavy atom. The monoisotopic (exact) mass is 354 g/mol. The Balaban J connectivity index is 1.66. The molecule has 2 aromatic rings. The topological polar surface area (TPSA) is 42.0 Å². The first-order valence-corrected chi connectivity index (χ1v) is 8.92. The highest BCUT2D eigenvalue weighted by Gasteiger charge is 2.24. The van der Waals surface area contributed by atoms with E-state index in [1.807, 2.05) is 36.4 Å². The molecule has 138 valence electrons. The first-order chi connectivity index (χ1) is 12.7. The van der Waals surface area contributed by atoms with E-state index < -0.39 is 0 Å². The maximum atomic E-state index is 10.8. The second-order valence-corrected chi connectivity index (χ2v) is 6.52. The van der Waals surface area contributed by atoms with Gasteiger partial charge in [0.2, 0.25) is 0 Å². The number of hydrogen-bond donors (Lipinski definition) is 0. The van der Waals surface area contributed by atoms with Gasteiger partial charge in [0, 0.05) is 55.1 Å². The number of carbonyl (C=O) groups is 1. The van der Waals surface area contributed by atoms with Crippen LogP contribution in [-0.4, -0.2) is 51.6 Å². The number of nitrogens with zero attached hydrogens (tertiary/aromatic N) is 2. The van der Waals surface area contributed by atoms with E-state index in [4.69, 9.17) is 9.47 Å². The molecule has 1 heterocycles. The summed E-state index contributed by atoms with van der Waals surface area (Å²) >= 11 is 0. The molecule has 0 aromatic heterocycles. The van der Waals surface area contributed by atoms with E-state index in [0.717, 1.165) is 44.0 Å². The molecule has 1 fully saturated rings. The van der Waals surface area contributed by atoms with Gasteiger partial charge in [-0.05, 0) is 37.3 Å². The van der Waals surface area contributed by atoms with Gasteiger partial charge in [-0.15, -0.1) is 0 Å². The molecule has 0 amide bonds. The quantitative estimate of drug-likeness (QED) is 0.744.